The second-order valence-electron chi connectivity index (χ2n) is 4.26. The van der Waals surface area contributed by atoms with E-state index in [1.165, 1.54) is 11.7 Å². The molecule has 0 amide bonds. The summed E-state index contributed by atoms with van der Waals surface area (Å²) in [6, 6.07) is 6.05. The van der Waals surface area contributed by atoms with Gasteiger partial charge in [-0.2, -0.15) is 13.7 Å². The van der Waals surface area contributed by atoms with Crippen LogP contribution in [0.4, 0.5) is 6.01 Å². The van der Waals surface area contributed by atoms with Crippen LogP contribution in [0.15, 0.2) is 28.9 Å². The maximum absolute atomic E-state index is 10.8. The van der Waals surface area contributed by atoms with Crippen molar-refractivity contribution < 1.29 is 14.3 Å². The molecule has 0 aliphatic rings. The third-order valence-corrected chi connectivity index (χ3v) is 3.33. The molecule has 3 rings (SSSR count). The summed E-state index contributed by atoms with van der Waals surface area (Å²) in [7, 11) is 1.78. The van der Waals surface area contributed by atoms with E-state index >= 15 is 0 Å². The van der Waals surface area contributed by atoms with Crippen molar-refractivity contribution in [3.05, 3.63) is 35.7 Å². The third kappa shape index (κ3) is 2.32. The Bertz CT molecular complexity index is 767. The monoisotopic (exact) mass is 290 g/mol. The first-order valence-electron chi connectivity index (χ1n) is 5.74. The maximum atomic E-state index is 10.8. The number of aromatic carboxylic acids is 1. The lowest BCUT2D eigenvalue weighted by Gasteiger charge is -2.14. The molecule has 0 saturated heterocycles. The van der Waals surface area contributed by atoms with Crippen LogP contribution in [-0.2, 0) is 6.54 Å². The van der Waals surface area contributed by atoms with E-state index in [2.05, 4.69) is 13.7 Å². The van der Waals surface area contributed by atoms with Crippen LogP contribution >= 0.6 is 11.7 Å². The molecule has 0 spiro atoms. The van der Waals surface area contributed by atoms with Crippen LogP contribution in [0.5, 0.6) is 0 Å². The Morgan fingerprint density at radius 3 is 2.95 bits per heavy atom. The summed E-state index contributed by atoms with van der Waals surface area (Å²) in [5, 5.41) is 8.81. The van der Waals surface area contributed by atoms with E-state index in [-0.39, 0.29) is 11.7 Å². The van der Waals surface area contributed by atoms with E-state index in [1.807, 2.05) is 18.2 Å². The highest BCUT2D eigenvalue weighted by atomic mass is 32.1. The highest BCUT2D eigenvalue weighted by molar-refractivity contribution is 7.00. The van der Waals surface area contributed by atoms with E-state index in [9.17, 15) is 4.79 Å². The summed E-state index contributed by atoms with van der Waals surface area (Å²) in [5.41, 5.74) is 2.62. The van der Waals surface area contributed by atoms with Gasteiger partial charge in [0.25, 0.3) is 6.01 Å². The zero-order chi connectivity index (χ0) is 14.1. The molecule has 2 aromatic heterocycles. The minimum absolute atomic E-state index is 0.106. The van der Waals surface area contributed by atoms with E-state index < -0.39 is 5.97 Å². The highest BCUT2D eigenvalue weighted by Crippen LogP contribution is 2.18. The molecule has 0 aliphatic carbocycles. The molecule has 0 aliphatic heterocycles. The SMILES string of the molecule is CN(Cc1ccc2nsnc2c1)c1nc(C(=O)O)co1. The van der Waals surface area contributed by atoms with Crippen molar-refractivity contribution in [2.45, 2.75) is 6.54 Å². The Morgan fingerprint density at radius 1 is 1.40 bits per heavy atom. The van der Waals surface area contributed by atoms with Crippen LogP contribution in [0.3, 0.4) is 0 Å². The van der Waals surface area contributed by atoms with Crippen LogP contribution in [0, 0.1) is 0 Å². The van der Waals surface area contributed by atoms with Gasteiger partial charge in [-0.25, -0.2) is 4.79 Å². The number of rotatable bonds is 4. The highest BCUT2D eigenvalue weighted by Gasteiger charge is 2.14. The van der Waals surface area contributed by atoms with Crippen LogP contribution < -0.4 is 4.90 Å². The molecule has 0 saturated carbocycles. The number of carboxylic acid groups (broad SMARTS) is 1. The molecule has 0 bridgehead atoms. The number of carbonyl (C=O) groups is 1. The van der Waals surface area contributed by atoms with Gasteiger partial charge in [-0.05, 0) is 17.7 Å². The molecule has 1 N–H and O–H groups in total. The summed E-state index contributed by atoms with van der Waals surface area (Å²) in [5.74, 6) is -1.11. The van der Waals surface area contributed by atoms with Crippen LogP contribution in [0.25, 0.3) is 11.0 Å². The lowest BCUT2D eigenvalue weighted by molar-refractivity contribution is 0.0690. The number of aromatic nitrogens is 3. The van der Waals surface area contributed by atoms with Gasteiger partial charge in [0.05, 0.1) is 11.7 Å². The van der Waals surface area contributed by atoms with Crippen molar-refractivity contribution in [3.8, 4) is 0 Å². The molecule has 20 heavy (non-hydrogen) atoms. The average Bonchev–Trinajstić information content (AvgIpc) is 3.07. The molecule has 0 unspecified atom stereocenters. The van der Waals surface area contributed by atoms with Gasteiger partial charge >= 0.3 is 5.97 Å². The molecule has 2 heterocycles. The summed E-state index contributed by atoms with van der Waals surface area (Å²) in [4.78, 5) is 16.4. The summed E-state index contributed by atoms with van der Waals surface area (Å²) >= 11 is 1.17. The molecule has 0 fully saturated rings. The van der Waals surface area contributed by atoms with Gasteiger partial charge in [-0.15, -0.1) is 0 Å². The van der Waals surface area contributed by atoms with Gasteiger partial charge in [-0.1, -0.05) is 6.07 Å². The topological polar surface area (TPSA) is 92.4 Å². The van der Waals surface area contributed by atoms with Crippen molar-refractivity contribution in [2.75, 3.05) is 11.9 Å². The second kappa shape index (κ2) is 4.89. The number of benzene rings is 1. The number of oxazole rings is 1. The zero-order valence-corrected chi connectivity index (χ0v) is 11.3. The van der Waals surface area contributed by atoms with Gasteiger partial charge < -0.3 is 14.4 Å². The van der Waals surface area contributed by atoms with Crippen molar-refractivity contribution >= 4 is 34.7 Å². The maximum Gasteiger partial charge on any atom is 0.357 e. The fourth-order valence-corrected chi connectivity index (χ4v) is 2.32. The molecular weight excluding hydrogens is 280 g/mol. The number of hydrogen-bond acceptors (Lipinski definition) is 7. The van der Waals surface area contributed by atoms with E-state index in [0.29, 0.717) is 6.54 Å². The molecular formula is C12H10N4O3S. The first-order valence-corrected chi connectivity index (χ1v) is 6.47. The number of carboxylic acids is 1. The minimum atomic E-state index is -1.11. The Kier molecular flexibility index (Phi) is 3.07. The normalized spacial score (nSPS) is 10.8. The molecule has 7 nitrogen and oxygen atoms in total. The molecule has 0 radical (unpaired) electrons. The molecule has 8 heteroatoms. The molecule has 102 valence electrons. The first-order chi connectivity index (χ1) is 9.63. The predicted octanol–water partition coefficient (Wildman–Crippen LogP) is 2.01. The van der Waals surface area contributed by atoms with E-state index in [0.717, 1.165) is 22.9 Å². The smallest absolute Gasteiger partial charge is 0.357 e. The van der Waals surface area contributed by atoms with Gasteiger partial charge in [0.2, 0.25) is 0 Å². The van der Waals surface area contributed by atoms with Gasteiger partial charge in [0.15, 0.2) is 5.69 Å². The van der Waals surface area contributed by atoms with Crippen LogP contribution in [0.1, 0.15) is 16.1 Å². The number of anilines is 1. The summed E-state index contributed by atoms with van der Waals surface area (Å²) in [6.07, 6.45) is 1.13. The number of nitrogens with zero attached hydrogens (tertiary/aromatic N) is 4. The Labute approximate surface area is 117 Å². The lowest BCUT2D eigenvalue weighted by Crippen LogP contribution is -2.16. The fourth-order valence-electron chi connectivity index (χ4n) is 1.81. The summed E-state index contributed by atoms with van der Waals surface area (Å²) < 4.78 is 13.5. The Hall–Kier alpha value is -2.48. The Balaban J connectivity index is 1.80. The minimum Gasteiger partial charge on any atom is -0.476 e. The lowest BCUT2D eigenvalue weighted by atomic mass is 10.2. The van der Waals surface area contributed by atoms with Crippen LogP contribution in [-0.4, -0.2) is 31.9 Å². The Morgan fingerprint density at radius 2 is 2.20 bits per heavy atom. The largest absolute Gasteiger partial charge is 0.476 e. The first kappa shape index (κ1) is 12.5. The molecule has 0 atom stereocenters. The van der Waals surface area contributed by atoms with Crippen LogP contribution in [0.2, 0.25) is 0 Å². The number of fused-ring (bicyclic) bond motifs is 1. The van der Waals surface area contributed by atoms with Crippen molar-refractivity contribution in [1.29, 1.82) is 0 Å². The van der Waals surface area contributed by atoms with E-state index in [4.69, 9.17) is 9.52 Å². The van der Waals surface area contributed by atoms with Crippen molar-refractivity contribution in [1.82, 2.24) is 13.7 Å². The molecule has 3 aromatic rings. The van der Waals surface area contributed by atoms with E-state index in [1.54, 1.807) is 11.9 Å². The number of hydrogen-bond donors (Lipinski definition) is 1. The van der Waals surface area contributed by atoms with Gasteiger partial charge in [0, 0.05) is 13.6 Å². The van der Waals surface area contributed by atoms with Gasteiger partial charge in [-0.3, -0.25) is 0 Å². The van der Waals surface area contributed by atoms with Crippen molar-refractivity contribution in [2.24, 2.45) is 0 Å². The third-order valence-electron chi connectivity index (χ3n) is 2.78. The molecule has 1 aromatic carbocycles. The van der Waals surface area contributed by atoms with Gasteiger partial charge in [0.1, 0.15) is 17.3 Å². The quantitative estimate of drug-likeness (QED) is 0.785. The second-order valence-corrected chi connectivity index (χ2v) is 4.79. The average molecular weight is 290 g/mol. The van der Waals surface area contributed by atoms with Crippen molar-refractivity contribution in [3.63, 3.8) is 0 Å². The predicted molar refractivity (Wildman–Crippen MR) is 73.0 cm³/mol. The fraction of sp³-hybridized carbons (Fsp3) is 0.167. The zero-order valence-electron chi connectivity index (χ0n) is 10.5. The standard InChI is InChI=1S/C12H10N4O3S/c1-16(12-13-10(6-19-12)11(17)18)5-7-2-3-8-9(4-7)15-20-14-8/h2-4,6H,5H2,1H3,(H,17,18). The summed E-state index contributed by atoms with van der Waals surface area (Å²) in [6.45, 7) is 0.535.